The summed E-state index contributed by atoms with van der Waals surface area (Å²) in [5, 5.41) is 3.29. The molecule has 0 aliphatic carbocycles. The predicted octanol–water partition coefficient (Wildman–Crippen LogP) is 1.49. The average molecular weight is 187 g/mol. The molecule has 0 spiro atoms. The summed E-state index contributed by atoms with van der Waals surface area (Å²) in [5.41, 5.74) is 2.37. The number of benzene rings is 1. The van der Waals surface area contributed by atoms with Crippen LogP contribution in [-0.2, 0) is 0 Å². The van der Waals surface area contributed by atoms with E-state index in [9.17, 15) is 0 Å². The number of nitrogens with one attached hydrogen (secondary N) is 1. The Morgan fingerprint density at radius 2 is 2.14 bits per heavy atom. The fraction of sp³-hybridized carbons (Fsp3) is 0.364. The van der Waals surface area contributed by atoms with Crippen LogP contribution in [0.2, 0.25) is 0 Å². The van der Waals surface area contributed by atoms with Crippen LogP contribution < -0.4 is 5.32 Å². The third-order valence-electron chi connectivity index (χ3n) is 2.90. The molecule has 0 bridgehead atoms. The molecule has 1 aromatic carbocycles. The molecule has 3 rings (SSSR count). The summed E-state index contributed by atoms with van der Waals surface area (Å²) in [7, 11) is 0. The quantitative estimate of drug-likeness (QED) is 0.733. The number of aromatic nitrogens is 2. The summed E-state index contributed by atoms with van der Waals surface area (Å²) in [6, 6.07) is 8.94. The molecule has 2 heterocycles. The van der Waals surface area contributed by atoms with E-state index in [0.29, 0.717) is 6.04 Å². The van der Waals surface area contributed by atoms with Gasteiger partial charge in [-0.3, -0.25) is 0 Å². The van der Waals surface area contributed by atoms with Gasteiger partial charge in [-0.1, -0.05) is 12.1 Å². The van der Waals surface area contributed by atoms with Crippen LogP contribution in [0.5, 0.6) is 0 Å². The van der Waals surface area contributed by atoms with Gasteiger partial charge in [0.15, 0.2) is 0 Å². The Hall–Kier alpha value is -1.35. The molecule has 0 saturated carbocycles. The van der Waals surface area contributed by atoms with Crippen molar-refractivity contribution < 1.29 is 0 Å². The van der Waals surface area contributed by atoms with Gasteiger partial charge in [0.25, 0.3) is 0 Å². The lowest BCUT2D eigenvalue weighted by Crippen LogP contribution is -2.43. The summed E-state index contributed by atoms with van der Waals surface area (Å²) < 4.78 is 2.34. The average Bonchev–Trinajstić information content (AvgIpc) is 2.41. The lowest BCUT2D eigenvalue weighted by molar-refractivity contribution is 0.345. The number of imidazole rings is 1. The number of nitrogens with zero attached hydrogens (tertiary/aromatic N) is 2. The van der Waals surface area contributed by atoms with Crippen LogP contribution in [0.3, 0.4) is 0 Å². The van der Waals surface area contributed by atoms with Crippen LogP contribution >= 0.6 is 0 Å². The van der Waals surface area contributed by atoms with Gasteiger partial charge < -0.3 is 9.88 Å². The highest BCUT2D eigenvalue weighted by atomic mass is 15.2. The first kappa shape index (κ1) is 8.00. The maximum absolute atomic E-state index is 4.55. The number of rotatable bonds is 1. The molecule has 1 saturated heterocycles. The third kappa shape index (κ3) is 0.990. The summed E-state index contributed by atoms with van der Waals surface area (Å²) in [6.45, 7) is 4.22. The van der Waals surface area contributed by atoms with Crippen LogP contribution in [0.4, 0.5) is 0 Å². The van der Waals surface area contributed by atoms with E-state index in [0.717, 1.165) is 24.4 Å². The predicted molar refractivity (Wildman–Crippen MR) is 56.4 cm³/mol. The lowest BCUT2D eigenvalue weighted by atomic mass is 10.1. The first-order valence-electron chi connectivity index (χ1n) is 5.00. The first-order chi connectivity index (χ1) is 6.86. The topological polar surface area (TPSA) is 29.9 Å². The zero-order valence-corrected chi connectivity index (χ0v) is 8.20. The molecule has 3 nitrogen and oxygen atoms in total. The number of para-hydroxylation sites is 2. The van der Waals surface area contributed by atoms with Crippen molar-refractivity contribution >= 4 is 11.0 Å². The van der Waals surface area contributed by atoms with Crippen molar-refractivity contribution in [2.45, 2.75) is 13.0 Å². The highest BCUT2D eigenvalue weighted by Gasteiger charge is 2.22. The molecule has 0 unspecified atom stereocenters. The number of fused-ring (bicyclic) bond motifs is 1. The molecule has 2 aromatic rings. The summed E-state index contributed by atoms with van der Waals surface area (Å²) in [4.78, 5) is 4.55. The Morgan fingerprint density at radius 3 is 2.86 bits per heavy atom. The zero-order chi connectivity index (χ0) is 9.54. The van der Waals surface area contributed by atoms with Gasteiger partial charge in [0.1, 0.15) is 5.82 Å². The minimum atomic E-state index is 0.599. The molecule has 14 heavy (non-hydrogen) atoms. The molecule has 0 atom stereocenters. The Kier molecular flexibility index (Phi) is 1.61. The van der Waals surface area contributed by atoms with E-state index in [1.165, 1.54) is 5.52 Å². The Labute approximate surface area is 82.8 Å². The number of hydrogen-bond acceptors (Lipinski definition) is 2. The van der Waals surface area contributed by atoms with Gasteiger partial charge in [0, 0.05) is 13.1 Å². The van der Waals surface area contributed by atoms with Crippen molar-refractivity contribution in [2.24, 2.45) is 0 Å². The van der Waals surface area contributed by atoms with Crippen molar-refractivity contribution in [2.75, 3.05) is 13.1 Å². The van der Waals surface area contributed by atoms with Crippen LogP contribution in [0.15, 0.2) is 24.3 Å². The maximum Gasteiger partial charge on any atom is 0.107 e. The molecule has 0 radical (unpaired) electrons. The van der Waals surface area contributed by atoms with Crippen LogP contribution in [0.25, 0.3) is 11.0 Å². The Balaban J connectivity index is 2.24. The fourth-order valence-corrected chi connectivity index (χ4v) is 2.08. The van der Waals surface area contributed by atoms with E-state index >= 15 is 0 Å². The van der Waals surface area contributed by atoms with E-state index in [1.54, 1.807) is 0 Å². The molecule has 72 valence electrons. The summed E-state index contributed by atoms with van der Waals surface area (Å²) in [5.74, 6) is 1.12. The second-order valence-electron chi connectivity index (χ2n) is 3.83. The molecule has 1 N–H and O–H groups in total. The van der Waals surface area contributed by atoms with Crippen molar-refractivity contribution in [3.8, 4) is 0 Å². The smallest absolute Gasteiger partial charge is 0.107 e. The minimum Gasteiger partial charge on any atom is -0.323 e. The molecule has 1 aromatic heterocycles. The van der Waals surface area contributed by atoms with Gasteiger partial charge >= 0.3 is 0 Å². The maximum atomic E-state index is 4.55. The SMILES string of the molecule is Cc1nc2ccccc2n1C1CNC1. The molecule has 1 fully saturated rings. The highest BCUT2D eigenvalue weighted by Crippen LogP contribution is 2.22. The van der Waals surface area contributed by atoms with Gasteiger partial charge in [0.2, 0.25) is 0 Å². The van der Waals surface area contributed by atoms with Gasteiger partial charge in [-0.25, -0.2) is 4.98 Å². The van der Waals surface area contributed by atoms with Gasteiger partial charge in [-0.15, -0.1) is 0 Å². The van der Waals surface area contributed by atoms with Crippen molar-refractivity contribution in [1.29, 1.82) is 0 Å². The molecular formula is C11H13N3. The standard InChI is InChI=1S/C11H13N3/c1-8-13-10-4-2-3-5-11(10)14(8)9-6-12-7-9/h2-5,9,12H,6-7H2,1H3. The number of aryl methyl sites for hydroxylation is 1. The van der Waals surface area contributed by atoms with Gasteiger partial charge in [0.05, 0.1) is 17.1 Å². The van der Waals surface area contributed by atoms with Crippen LogP contribution in [-0.4, -0.2) is 22.6 Å². The van der Waals surface area contributed by atoms with E-state index in [2.05, 4.69) is 40.0 Å². The monoisotopic (exact) mass is 187 g/mol. The van der Waals surface area contributed by atoms with E-state index in [4.69, 9.17) is 0 Å². The lowest BCUT2D eigenvalue weighted by Gasteiger charge is -2.30. The molecule has 3 heteroatoms. The molecule has 1 aliphatic rings. The van der Waals surface area contributed by atoms with Crippen molar-refractivity contribution in [3.05, 3.63) is 30.1 Å². The van der Waals surface area contributed by atoms with Crippen LogP contribution in [0, 0.1) is 6.92 Å². The Bertz CT molecular complexity index is 468. The zero-order valence-electron chi connectivity index (χ0n) is 8.20. The normalized spacial score (nSPS) is 17.2. The van der Waals surface area contributed by atoms with E-state index in [-0.39, 0.29) is 0 Å². The molecule has 0 amide bonds. The van der Waals surface area contributed by atoms with E-state index < -0.39 is 0 Å². The largest absolute Gasteiger partial charge is 0.323 e. The molecule has 1 aliphatic heterocycles. The Morgan fingerprint density at radius 1 is 1.36 bits per heavy atom. The van der Waals surface area contributed by atoms with Gasteiger partial charge in [-0.2, -0.15) is 0 Å². The van der Waals surface area contributed by atoms with Gasteiger partial charge in [-0.05, 0) is 19.1 Å². The third-order valence-corrected chi connectivity index (χ3v) is 2.90. The highest BCUT2D eigenvalue weighted by molar-refractivity contribution is 5.76. The molecular weight excluding hydrogens is 174 g/mol. The second kappa shape index (κ2) is 2.82. The number of hydrogen-bond donors (Lipinski definition) is 1. The fourth-order valence-electron chi connectivity index (χ4n) is 2.08. The van der Waals surface area contributed by atoms with Crippen LogP contribution in [0.1, 0.15) is 11.9 Å². The first-order valence-corrected chi connectivity index (χ1v) is 5.00. The van der Waals surface area contributed by atoms with Crippen molar-refractivity contribution in [1.82, 2.24) is 14.9 Å². The summed E-state index contributed by atoms with van der Waals surface area (Å²) >= 11 is 0. The summed E-state index contributed by atoms with van der Waals surface area (Å²) in [6.07, 6.45) is 0. The van der Waals surface area contributed by atoms with E-state index in [1.807, 2.05) is 6.07 Å². The minimum absolute atomic E-state index is 0.599. The second-order valence-corrected chi connectivity index (χ2v) is 3.83. The van der Waals surface area contributed by atoms with Crippen molar-refractivity contribution in [3.63, 3.8) is 0 Å².